The predicted molar refractivity (Wildman–Crippen MR) is 60.3 cm³/mol. The molecule has 1 heterocycles. The third-order valence-corrected chi connectivity index (χ3v) is 2.25. The SMILES string of the molecule is [C-]#[N+]c1ccc(F)c(C(=O)c2cccc(F)c2)n1. The average molecular weight is 244 g/mol. The molecule has 3 nitrogen and oxygen atoms in total. The molecule has 0 spiro atoms. The van der Waals surface area contributed by atoms with Gasteiger partial charge in [-0.2, -0.15) is 0 Å². The number of carbonyl (C=O) groups excluding carboxylic acids is 1. The van der Waals surface area contributed by atoms with E-state index in [9.17, 15) is 13.6 Å². The number of carbonyl (C=O) groups is 1. The highest BCUT2D eigenvalue weighted by atomic mass is 19.1. The normalized spacial score (nSPS) is 9.83. The van der Waals surface area contributed by atoms with Crippen LogP contribution in [0.4, 0.5) is 14.6 Å². The molecule has 2 aromatic rings. The molecule has 0 atom stereocenters. The minimum Gasteiger partial charge on any atom is -0.361 e. The molecule has 0 aliphatic rings. The Hall–Kier alpha value is -2.61. The lowest BCUT2D eigenvalue weighted by atomic mass is 10.1. The monoisotopic (exact) mass is 244 g/mol. The number of benzene rings is 1. The highest BCUT2D eigenvalue weighted by Gasteiger charge is 2.20. The van der Waals surface area contributed by atoms with E-state index < -0.39 is 23.1 Å². The molecule has 0 aliphatic heterocycles. The summed E-state index contributed by atoms with van der Waals surface area (Å²) in [6, 6.07) is 7.04. The largest absolute Gasteiger partial charge is 0.361 e. The summed E-state index contributed by atoms with van der Waals surface area (Å²) in [6.07, 6.45) is 0. The smallest absolute Gasteiger partial charge is 0.270 e. The van der Waals surface area contributed by atoms with Crippen LogP contribution >= 0.6 is 0 Å². The molecule has 18 heavy (non-hydrogen) atoms. The van der Waals surface area contributed by atoms with Gasteiger partial charge in [-0.1, -0.05) is 18.7 Å². The third-order valence-electron chi connectivity index (χ3n) is 2.25. The zero-order valence-corrected chi connectivity index (χ0v) is 9.02. The molecule has 5 heteroatoms. The molecule has 0 N–H and O–H groups in total. The van der Waals surface area contributed by atoms with E-state index in [1.807, 2.05) is 0 Å². The van der Waals surface area contributed by atoms with Crippen molar-refractivity contribution in [2.45, 2.75) is 0 Å². The summed E-state index contributed by atoms with van der Waals surface area (Å²) in [5, 5.41) is 0. The van der Waals surface area contributed by atoms with Gasteiger partial charge in [0, 0.05) is 5.56 Å². The number of pyridine rings is 1. The first-order valence-electron chi connectivity index (χ1n) is 4.96. The molecule has 0 fully saturated rings. The van der Waals surface area contributed by atoms with E-state index in [1.165, 1.54) is 24.3 Å². The number of nitrogens with zero attached hydrogens (tertiary/aromatic N) is 2. The van der Waals surface area contributed by atoms with Crippen molar-refractivity contribution in [3.05, 3.63) is 70.7 Å². The summed E-state index contributed by atoms with van der Waals surface area (Å²) in [7, 11) is 0. The highest BCUT2D eigenvalue weighted by Crippen LogP contribution is 2.16. The number of halogens is 2. The Bertz CT molecular complexity index is 662. The summed E-state index contributed by atoms with van der Waals surface area (Å²) in [5.74, 6) is -2.27. The number of hydrogen-bond acceptors (Lipinski definition) is 2. The van der Waals surface area contributed by atoms with Gasteiger partial charge in [-0.15, -0.1) is 4.98 Å². The molecule has 0 aliphatic carbocycles. The molecule has 0 saturated heterocycles. The van der Waals surface area contributed by atoms with Gasteiger partial charge in [-0.25, -0.2) is 8.78 Å². The molecular formula is C13H6F2N2O. The molecule has 0 unspecified atom stereocenters. The lowest BCUT2D eigenvalue weighted by molar-refractivity contribution is 0.103. The molecule has 0 saturated carbocycles. The third kappa shape index (κ3) is 2.23. The Morgan fingerprint density at radius 2 is 2.00 bits per heavy atom. The summed E-state index contributed by atoms with van der Waals surface area (Å²) < 4.78 is 26.4. The maximum Gasteiger partial charge on any atom is 0.270 e. The van der Waals surface area contributed by atoms with Crippen molar-refractivity contribution >= 4 is 11.6 Å². The Kier molecular flexibility index (Phi) is 3.11. The van der Waals surface area contributed by atoms with Gasteiger partial charge in [0.2, 0.25) is 11.5 Å². The van der Waals surface area contributed by atoms with E-state index in [0.717, 1.165) is 12.1 Å². The van der Waals surface area contributed by atoms with Crippen LogP contribution in [-0.4, -0.2) is 10.8 Å². The van der Waals surface area contributed by atoms with Gasteiger partial charge in [0.15, 0.2) is 5.82 Å². The van der Waals surface area contributed by atoms with Crippen LogP contribution < -0.4 is 0 Å². The van der Waals surface area contributed by atoms with E-state index in [0.29, 0.717) is 0 Å². The first kappa shape index (κ1) is 11.9. The summed E-state index contributed by atoms with van der Waals surface area (Å²) in [5.41, 5.74) is -0.488. The van der Waals surface area contributed by atoms with E-state index in [1.54, 1.807) is 0 Å². The second kappa shape index (κ2) is 4.72. The molecule has 2 rings (SSSR count). The number of rotatable bonds is 2. The molecule has 1 aromatic carbocycles. The second-order valence-electron chi connectivity index (χ2n) is 3.45. The Labute approximate surface area is 102 Å². The molecule has 1 aromatic heterocycles. The van der Waals surface area contributed by atoms with Crippen LogP contribution in [0.15, 0.2) is 36.4 Å². The van der Waals surface area contributed by atoms with Crippen molar-refractivity contribution in [2.24, 2.45) is 0 Å². The zero-order valence-electron chi connectivity index (χ0n) is 9.02. The fraction of sp³-hybridized carbons (Fsp3) is 0. The van der Waals surface area contributed by atoms with Gasteiger partial charge < -0.3 is 4.85 Å². The van der Waals surface area contributed by atoms with Crippen molar-refractivity contribution in [1.82, 2.24) is 4.98 Å². The quantitative estimate of drug-likeness (QED) is 0.600. The van der Waals surface area contributed by atoms with Crippen LogP contribution in [0, 0.1) is 18.2 Å². The van der Waals surface area contributed by atoms with Crippen LogP contribution in [0.25, 0.3) is 4.85 Å². The fourth-order valence-electron chi connectivity index (χ4n) is 1.42. The molecule has 88 valence electrons. The van der Waals surface area contributed by atoms with Crippen molar-refractivity contribution in [2.75, 3.05) is 0 Å². The standard InChI is InChI=1S/C13H6F2N2O/c1-16-11-6-5-10(15)12(17-11)13(18)8-3-2-4-9(14)7-8/h2-7H. The molecule has 0 bridgehead atoms. The summed E-state index contributed by atoms with van der Waals surface area (Å²) in [6.45, 7) is 6.76. The Morgan fingerprint density at radius 1 is 1.22 bits per heavy atom. The lowest BCUT2D eigenvalue weighted by Gasteiger charge is -1.99. The van der Waals surface area contributed by atoms with Crippen LogP contribution in [0.1, 0.15) is 16.1 Å². The molecule has 0 amide bonds. The number of hydrogen-bond donors (Lipinski definition) is 0. The van der Waals surface area contributed by atoms with Gasteiger partial charge in [0.05, 0.1) is 0 Å². The minimum atomic E-state index is -0.836. The van der Waals surface area contributed by atoms with Crippen LogP contribution in [0.3, 0.4) is 0 Å². The van der Waals surface area contributed by atoms with Crippen molar-refractivity contribution in [1.29, 1.82) is 0 Å². The predicted octanol–water partition coefficient (Wildman–Crippen LogP) is 3.14. The fourth-order valence-corrected chi connectivity index (χ4v) is 1.42. The molecular weight excluding hydrogens is 238 g/mol. The van der Waals surface area contributed by atoms with E-state index in [-0.39, 0.29) is 11.4 Å². The zero-order chi connectivity index (χ0) is 13.1. The van der Waals surface area contributed by atoms with Gasteiger partial charge in [-0.05, 0) is 24.3 Å². The summed E-state index contributed by atoms with van der Waals surface area (Å²) >= 11 is 0. The van der Waals surface area contributed by atoms with Gasteiger partial charge >= 0.3 is 0 Å². The van der Waals surface area contributed by atoms with Crippen molar-refractivity contribution in [3.63, 3.8) is 0 Å². The Morgan fingerprint density at radius 3 is 2.67 bits per heavy atom. The lowest BCUT2D eigenvalue weighted by Crippen LogP contribution is -2.07. The minimum absolute atomic E-state index is 0.0106. The van der Waals surface area contributed by atoms with Gasteiger partial charge in [0.1, 0.15) is 5.82 Å². The van der Waals surface area contributed by atoms with E-state index >= 15 is 0 Å². The number of aromatic nitrogens is 1. The molecule has 0 radical (unpaired) electrons. The van der Waals surface area contributed by atoms with Crippen LogP contribution in [0.2, 0.25) is 0 Å². The Balaban J connectivity index is 2.49. The van der Waals surface area contributed by atoms with Gasteiger partial charge in [-0.3, -0.25) is 4.79 Å². The van der Waals surface area contributed by atoms with E-state index in [2.05, 4.69) is 9.83 Å². The number of ketones is 1. The maximum atomic E-state index is 13.5. The van der Waals surface area contributed by atoms with Crippen molar-refractivity contribution in [3.8, 4) is 0 Å². The van der Waals surface area contributed by atoms with E-state index in [4.69, 9.17) is 6.57 Å². The summed E-state index contributed by atoms with van der Waals surface area (Å²) in [4.78, 5) is 18.5. The average Bonchev–Trinajstić information content (AvgIpc) is 2.38. The highest BCUT2D eigenvalue weighted by molar-refractivity contribution is 6.08. The second-order valence-corrected chi connectivity index (χ2v) is 3.45. The maximum absolute atomic E-state index is 13.5. The van der Waals surface area contributed by atoms with Gasteiger partial charge in [0.25, 0.3) is 5.82 Å². The van der Waals surface area contributed by atoms with Crippen LogP contribution in [0.5, 0.6) is 0 Å². The first-order valence-corrected chi connectivity index (χ1v) is 4.96. The van der Waals surface area contributed by atoms with Crippen LogP contribution in [-0.2, 0) is 0 Å². The first-order chi connectivity index (χ1) is 8.61. The van der Waals surface area contributed by atoms with Crippen molar-refractivity contribution < 1.29 is 13.6 Å². The topological polar surface area (TPSA) is 34.3 Å².